The van der Waals surface area contributed by atoms with Gasteiger partial charge < -0.3 is 0 Å². The lowest BCUT2D eigenvalue weighted by molar-refractivity contribution is 0.168. The number of hydrogen-bond donors (Lipinski definition) is 0. The fraction of sp³-hybridized carbons (Fsp3) is 0.857. The Bertz CT molecular complexity index is 349. The highest BCUT2D eigenvalue weighted by molar-refractivity contribution is 4.93. The number of allylic oxidation sites excluding steroid dienone is 2. The topological polar surface area (TPSA) is 23.8 Å². The van der Waals surface area contributed by atoms with Crippen molar-refractivity contribution in [3.63, 3.8) is 0 Å². The SMILES string of the molecule is CCCCCCC=C[C@H]1CC[C@H]([C@H]2CC[C@H](C#N)CC2)CC1. The molecule has 0 amide bonds. The number of nitrogens with zero attached hydrogens (tertiary/aromatic N) is 1. The van der Waals surface area contributed by atoms with Crippen LogP contribution in [0.15, 0.2) is 12.2 Å². The summed E-state index contributed by atoms with van der Waals surface area (Å²) in [7, 11) is 0. The van der Waals surface area contributed by atoms with E-state index in [1.54, 1.807) is 0 Å². The Hall–Kier alpha value is -0.770. The molecule has 2 rings (SSSR count). The molecule has 0 N–H and O–H groups in total. The van der Waals surface area contributed by atoms with E-state index in [0.29, 0.717) is 5.92 Å². The number of nitriles is 1. The third-order valence-electron chi connectivity index (χ3n) is 6.07. The van der Waals surface area contributed by atoms with Crippen molar-refractivity contribution in [2.24, 2.45) is 23.7 Å². The molecule has 0 bridgehead atoms. The second kappa shape index (κ2) is 10.1. The molecular formula is C21H35N. The molecule has 0 unspecified atom stereocenters. The third kappa shape index (κ3) is 5.79. The predicted octanol–water partition coefficient (Wildman–Crippen LogP) is 6.65. The second-order valence-corrected chi connectivity index (χ2v) is 7.69. The average Bonchev–Trinajstić information content (AvgIpc) is 2.59. The summed E-state index contributed by atoms with van der Waals surface area (Å²) in [5.74, 6) is 3.12. The van der Waals surface area contributed by atoms with Gasteiger partial charge in [-0.25, -0.2) is 0 Å². The van der Waals surface area contributed by atoms with Crippen molar-refractivity contribution in [2.45, 2.75) is 90.4 Å². The molecule has 124 valence electrons. The quantitative estimate of drug-likeness (QED) is 0.381. The lowest BCUT2D eigenvalue weighted by Crippen LogP contribution is -2.25. The summed E-state index contributed by atoms with van der Waals surface area (Å²) >= 11 is 0. The minimum atomic E-state index is 0.364. The van der Waals surface area contributed by atoms with Gasteiger partial charge in [0.25, 0.3) is 0 Å². The van der Waals surface area contributed by atoms with Crippen LogP contribution in [0.25, 0.3) is 0 Å². The van der Waals surface area contributed by atoms with Crippen molar-refractivity contribution in [2.75, 3.05) is 0 Å². The molecule has 0 spiro atoms. The van der Waals surface area contributed by atoms with Gasteiger partial charge in [0.05, 0.1) is 6.07 Å². The van der Waals surface area contributed by atoms with Crippen LogP contribution in [-0.2, 0) is 0 Å². The average molecular weight is 302 g/mol. The highest BCUT2D eigenvalue weighted by Gasteiger charge is 2.30. The van der Waals surface area contributed by atoms with Crippen LogP contribution >= 0.6 is 0 Å². The van der Waals surface area contributed by atoms with E-state index in [9.17, 15) is 0 Å². The van der Waals surface area contributed by atoms with Gasteiger partial charge >= 0.3 is 0 Å². The molecule has 2 aliphatic rings. The first-order chi connectivity index (χ1) is 10.8. The Kier molecular flexibility index (Phi) is 8.06. The maximum atomic E-state index is 9.02. The van der Waals surface area contributed by atoms with E-state index in [4.69, 9.17) is 5.26 Å². The van der Waals surface area contributed by atoms with E-state index in [0.717, 1.165) is 17.8 Å². The molecule has 22 heavy (non-hydrogen) atoms. The lowest BCUT2D eigenvalue weighted by atomic mass is 9.69. The molecule has 2 fully saturated rings. The number of rotatable bonds is 7. The first-order valence-corrected chi connectivity index (χ1v) is 9.89. The van der Waals surface area contributed by atoms with Gasteiger partial charge in [0.15, 0.2) is 0 Å². The van der Waals surface area contributed by atoms with Crippen molar-refractivity contribution in [3.05, 3.63) is 12.2 Å². The zero-order chi connectivity index (χ0) is 15.6. The Morgan fingerprint density at radius 1 is 0.864 bits per heavy atom. The van der Waals surface area contributed by atoms with Crippen molar-refractivity contribution >= 4 is 0 Å². The van der Waals surface area contributed by atoms with E-state index < -0.39 is 0 Å². The normalized spacial score (nSPS) is 32.9. The summed E-state index contributed by atoms with van der Waals surface area (Å²) in [6, 6.07) is 2.47. The highest BCUT2D eigenvalue weighted by atomic mass is 14.4. The predicted molar refractivity (Wildman–Crippen MR) is 94.4 cm³/mol. The molecule has 0 radical (unpaired) electrons. The van der Waals surface area contributed by atoms with Crippen LogP contribution < -0.4 is 0 Å². The van der Waals surface area contributed by atoms with E-state index >= 15 is 0 Å². The van der Waals surface area contributed by atoms with Gasteiger partial charge in [0.2, 0.25) is 0 Å². The smallest absolute Gasteiger partial charge is 0.0655 e. The minimum absolute atomic E-state index is 0.364. The summed E-state index contributed by atoms with van der Waals surface area (Å²) in [5, 5.41) is 9.02. The largest absolute Gasteiger partial charge is 0.198 e. The third-order valence-corrected chi connectivity index (χ3v) is 6.07. The zero-order valence-corrected chi connectivity index (χ0v) is 14.6. The van der Waals surface area contributed by atoms with Crippen LogP contribution in [0.4, 0.5) is 0 Å². The number of unbranched alkanes of at least 4 members (excludes halogenated alkanes) is 4. The molecule has 0 aromatic rings. The maximum Gasteiger partial charge on any atom is 0.0655 e. The summed E-state index contributed by atoms with van der Waals surface area (Å²) in [5.41, 5.74) is 0. The molecule has 0 aliphatic heterocycles. The van der Waals surface area contributed by atoms with Gasteiger partial charge in [-0.1, -0.05) is 38.3 Å². The molecular weight excluding hydrogens is 266 g/mol. The summed E-state index contributed by atoms with van der Waals surface area (Å²) in [4.78, 5) is 0. The van der Waals surface area contributed by atoms with Crippen molar-refractivity contribution in [1.29, 1.82) is 5.26 Å². The van der Waals surface area contributed by atoms with Crippen LogP contribution in [0.5, 0.6) is 0 Å². The molecule has 1 nitrogen and oxygen atoms in total. The highest BCUT2D eigenvalue weighted by Crippen LogP contribution is 2.41. The van der Waals surface area contributed by atoms with Gasteiger partial charge in [-0.15, -0.1) is 0 Å². The van der Waals surface area contributed by atoms with Crippen molar-refractivity contribution < 1.29 is 0 Å². The van der Waals surface area contributed by atoms with Crippen LogP contribution in [-0.4, -0.2) is 0 Å². The van der Waals surface area contributed by atoms with E-state index in [2.05, 4.69) is 25.1 Å². The van der Waals surface area contributed by atoms with Crippen molar-refractivity contribution in [1.82, 2.24) is 0 Å². The fourth-order valence-corrected chi connectivity index (χ4v) is 4.51. The van der Waals surface area contributed by atoms with Gasteiger partial charge in [0.1, 0.15) is 0 Å². The molecule has 2 aliphatic carbocycles. The molecule has 0 atom stereocenters. The first kappa shape index (κ1) is 17.6. The van der Waals surface area contributed by atoms with E-state index in [1.165, 1.54) is 83.5 Å². The van der Waals surface area contributed by atoms with Gasteiger partial charge in [-0.3, -0.25) is 0 Å². The summed E-state index contributed by atoms with van der Waals surface area (Å²) in [6.07, 6.45) is 22.4. The van der Waals surface area contributed by atoms with Crippen molar-refractivity contribution in [3.8, 4) is 6.07 Å². The second-order valence-electron chi connectivity index (χ2n) is 7.69. The van der Waals surface area contributed by atoms with Crippen LogP contribution in [0, 0.1) is 35.0 Å². The summed E-state index contributed by atoms with van der Waals surface area (Å²) in [6.45, 7) is 2.28. The van der Waals surface area contributed by atoms with Gasteiger partial charge in [-0.05, 0) is 82.0 Å². The molecule has 0 aromatic heterocycles. The Morgan fingerprint density at radius 2 is 1.50 bits per heavy atom. The summed E-state index contributed by atoms with van der Waals surface area (Å²) < 4.78 is 0. The van der Waals surface area contributed by atoms with Gasteiger partial charge in [0, 0.05) is 5.92 Å². The van der Waals surface area contributed by atoms with Crippen LogP contribution in [0.3, 0.4) is 0 Å². The fourth-order valence-electron chi connectivity index (χ4n) is 4.51. The lowest BCUT2D eigenvalue weighted by Gasteiger charge is -2.36. The Balaban J connectivity index is 1.60. The van der Waals surface area contributed by atoms with Gasteiger partial charge in [-0.2, -0.15) is 5.26 Å². The Morgan fingerprint density at radius 3 is 2.09 bits per heavy atom. The molecule has 0 heterocycles. The molecule has 2 saturated carbocycles. The van der Waals surface area contributed by atoms with Crippen LogP contribution in [0.2, 0.25) is 0 Å². The molecule has 1 heteroatoms. The first-order valence-electron chi connectivity index (χ1n) is 9.89. The zero-order valence-electron chi connectivity index (χ0n) is 14.6. The molecule has 0 aromatic carbocycles. The van der Waals surface area contributed by atoms with E-state index in [-0.39, 0.29) is 0 Å². The standard InChI is InChI=1S/C21H35N/c1-2-3-4-5-6-7-8-18-9-13-20(14-10-18)21-15-11-19(17-22)12-16-21/h7-8,18-21H,2-6,9-16H2,1H3/t18-,19-,20-,21-. The van der Waals surface area contributed by atoms with E-state index in [1.807, 2.05) is 0 Å². The van der Waals surface area contributed by atoms with Crippen LogP contribution in [0.1, 0.15) is 90.4 Å². The minimum Gasteiger partial charge on any atom is -0.198 e. The number of hydrogen-bond acceptors (Lipinski definition) is 1. The molecule has 0 saturated heterocycles. The maximum absolute atomic E-state index is 9.02. The Labute approximate surface area is 138 Å². The monoisotopic (exact) mass is 301 g/mol.